The molecule has 124 valence electrons. The summed E-state index contributed by atoms with van der Waals surface area (Å²) in [7, 11) is 0. The Balaban J connectivity index is 1.89. The molecule has 0 unspecified atom stereocenters. The van der Waals surface area contributed by atoms with Crippen LogP contribution in [0.4, 0.5) is 9.39 Å². The third-order valence-electron chi connectivity index (χ3n) is 4.08. The Kier molecular flexibility index (Phi) is 4.92. The van der Waals surface area contributed by atoms with Gasteiger partial charge >= 0.3 is 0 Å². The van der Waals surface area contributed by atoms with E-state index in [-0.39, 0.29) is 11.1 Å². The number of anilines is 1. The van der Waals surface area contributed by atoms with Gasteiger partial charge in [-0.15, -0.1) is 11.3 Å². The van der Waals surface area contributed by atoms with Crippen LogP contribution in [0.25, 0.3) is 6.08 Å². The second kappa shape index (κ2) is 7.29. The van der Waals surface area contributed by atoms with Crippen LogP contribution in [0, 0.1) is 28.5 Å². The SMILES string of the molecule is N#C/C(=C\c1ccccc1F)C(=O)Nc1sc2c(c1C#N)CCCC2. The van der Waals surface area contributed by atoms with Gasteiger partial charge in [0.1, 0.15) is 28.5 Å². The summed E-state index contributed by atoms with van der Waals surface area (Å²) in [5.41, 5.74) is 1.45. The number of nitriles is 2. The van der Waals surface area contributed by atoms with E-state index in [1.807, 2.05) is 0 Å². The molecule has 4 nitrogen and oxygen atoms in total. The van der Waals surface area contributed by atoms with Crippen LogP contribution in [0.1, 0.15) is 34.4 Å². The lowest BCUT2D eigenvalue weighted by molar-refractivity contribution is -0.112. The normalized spacial score (nSPS) is 13.5. The van der Waals surface area contributed by atoms with Crippen molar-refractivity contribution in [3.8, 4) is 12.1 Å². The van der Waals surface area contributed by atoms with Gasteiger partial charge < -0.3 is 5.32 Å². The fourth-order valence-corrected chi connectivity index (χ4v) is 4.07. The van der Waals surface area contributed by atoms with Crippen molar-refractivity contribution in [1.29, 1.82) is 10.5 Å². The lowest BCUT2D eigenvalue weighted by Gasteiger charge is -2.09. The summed E-state index contributed by atoms with van der Waals surface area (Å²) >= 11 is 1.39. The second-order valence-electron chi connectivity index (χ2n) is 5.67. The lowest BCUT2D eigenvalue weighted by atomic mass is 9.96. The molecule has 1 N–H and O–H groups in total. The van der Waals surface area contributed by atoms with E-state index in [0.29, 0.717) is 10.6 Å². The molecule has 0 fully saturated rings. The quantitative estimate of drug-likeness (QED) is 0.665. The van der Waals surface area contributed by atoms with Crippen molar-refractivity contribution < 1.29 is 9.18 Å². The standard InChI is InChI=1S/C19H14FN3OS/c20-16-7-3-1-5-12(16)9-13(10-21)18(24)23-19-15(11-22)14-6-2-4-8-17(14)25-19/h1,3,5,7,9H,2,4,6,8H2,(H,23,24)/b13-9+. The maximum absolute atomic E-state index is 13.7. The van der Waals surface area contributed by atoms with Gasteiger partial charge in [-0.1, -0.05) is 18.2 Å². The molecule has 1 aromatic carbocycles. The summed E-state index contributed by atoms with van der Waals surface area (Å²) in [6.45, 7) is 0. The van der Waals surface area contributed by atoms with Gasteiger partial charge in [-0.05, 0) is 43.4 Å². The van der Waals surface area contributed by atoms with Gasteiger partial charge in [-0.25, -0.2) is 4.39 Å². The number of nitrogens with one attached hydrogen (secondary N) is 1. The first kappa shape index (κ1) is 16.9. The molecule has 1 aliphatic rings. The maximum Gasteiger partial charge on any atom is 0.266 e. The van der Waals surface area contributed by atoms with E-state index in [0.717, 1.165) is 36.1 Å². The highest BCUT2D eigenvalue weighted by Gasteiger charge is 2.22. The van der Waals surface area contributed by atoms with Crippen LogP contribution < -0.4 is 5.32 Å². The van der Waals surface area contributed by atoms with Gasteiger partial charge in [0.05, 0.1) is 5.56 Å². The Morgan fingerprint density at radius 1 is 1.24 bits per heavy atom. The number of halogens is 1. The van der Waals surface area contributed by atoms with Crippen molar-refractivity contribution in [3.05, 3.63) is 57.2 Å². The highest BCUT2D eigenvalue weighted by atomic mass is 32.1. The smallest absolute Gasteiger partial charge is 0.266 e. The zero-order chi connectivity index (χ0) is 17.8. The molecule has 0 radical (unpaired) electrons. The molecule has 25 heavy (non-hydrogen) atoms. The van der Waals surface area contributed by atoms with E-state index < -0.39 is 11.7 Å². The highest BCUT2D eigenvalue weighted by Crippen LogP contribution is 2.37. The molecule has 0 bridgehead atoms. The molecule has 6 heteroatoms. The fraction of sp³-hybridized carbons (Fsp3) is 0.211. The number of rotatable bonds is 3. The van der Waals surface area contributed by atoms with Crippen molar-refractivity contribution in [1.82, 2.24) is 0 Å². The third-order valence-corrected chi connectivity index (χ3v) is 5.29. The predicted molar refractivity (Wildman–Crippen MR) is 94.3 cm³/mol. The zero-order valence-electron chi connectivity index (χ0n) is 13.3. The van der Waals surface area contributed by atoms with E-state index in [4.69, 9.17) is 0 Å². The largest absolute Gasteiger partial charge is 0.312 e. The predicted octanol–water partition coefficient (Wildman–Crippen LogP) is 4.18. The number of hydrogen-bond acceptors (Lipinski definition) is 4. The Morgan fingerprint density at radius 3 is 2.72 bits per heavy atom. The van der Waals surface area contributed by atoms with Crippen molar-refractivity contribution in [2.24, 2.45) is 0 Å². The molecular formula is C19H14FN3OS. The minimum Gasteiger partial charge on any atom is -0.312 e. The number of carbonyl (C=O) groups is 1. The average molecular weight is 351 g/mol. The number of amides is 1. The second-order valence-corrected chi connectivity index (χ2v) is 6.78. The molecule has 3 rings (SSSR count). The molecule has 1 heterocycles. The van der Waals surface area contributed by atoms with Gasteiger partial charge in [0.25, 0.3) is 5.91 Å². The molecule has 0 saturated carbocycles. The van der Waals surface area contributed by atoms with Crippen LogP contribution in [-0.4, -0.2) is 5.91 Å². The van der Waals surface area contributed by atoms with Crippen LogP contribution in [-0.2, 0) is 17.6 Å². The monoisotopic (exact) mass is 351 g/mol. The molecule has 0 saturated heterocycles. The highest BCUT2D eigenvalue weighted by molar-refractivity contribution is 7.16. The number of hydrogen-bond donors (Lipinski definition) is 1. The number of fused-ring (bicyclic) bond motifs is 1. The minimum absolute atomic E-state index is 0.167. The number of thiophene rings is 1. The van der Waals surface area contributed by atoms with E-state index in [1.54, 1.807) is 12.1 Å². The van der Waals surface area contributed by atoms with Gasteiger partial charge in [-0.3, -0.25) is 4.79 Å². The number of nitrogens with zero attached hydrogens (tertiary/aromatic N) is 2. The number of benzene rings is 1. The molecule has 1 aliphatic carbocycles. The number of aryl methyl sites for hydroxylation is 1. The summed E-state index contributed by atoms with van der Waals surface area (Å²) in [5.74, 6) is -1.15. The van der Waals surface area contributed by atoms with Gasteiger partial charge in [0.15, 0.2) is 0 Å². The lowest BCUT2D eigenvalue weighted by Crippen LogP contribution is -2.13. The summed E-state index contributed by atoms with van der Waals surface area (Å²) < 4.78 is 13.7. The Hall–Kier alpha value is -2.96. The van der Waals surface area contributed by atoms with Gasteiger partial charge in [-0.2, -0.15) is 10.5 Å². The molecule has 1 amide bonds. The fourth-order valence-electron chi connectivity index (χ4n) is 2.84. The topological polar surface area (TPSA) is 76.7 Å². The number of carbonyl (C=O) groups excluding carboxylic acids is 1. The average Bonchev–Trinajstić information content (AvgIpc) is 2.97. The van der Waals surface area contributed by atoms with E-state index in [1.165, 1.54) is 35.6 Å². The van der Waals surface area contributed by atoms with Crippen LogP contribution in [0.15, 0.2) is 29.8 Å². The Labute approximate surface area is 148 Å². The summed E-state index contributed by atoms with van der Waals surface area (Å²) in [5, 5.41) is 21.8. The molecular weight excluding hydrogens is 337 g/mol. The molecule has 0 aliphatic heterocycles. The summed E-state index contributed by atoms with van der Waals surface area (Å²) in [6, 6.07) is 9.88. The van der Waals surface area contributed by atoms with Crippen LogP contribution >= 0.6 is 11.3 Å². The van der Waals surface area contributed by atoms with Gasteiger partial charge in [0, 0.05) is 10.4 Å². The zero-order valence-corrected chi connectivity index (χ0v) is 14.1. The third kappa shape index (κ3) is 3.45. The maximum atomic E-state index is 13.7. The van der Waals surface area contributed by atoms with Crippen LogP contribution in [0.5, 0.6) is 0 Å². The van der Waals surface area contributed by atoms with E-state index in [2.05, 4.69) is 11.4 Å². The Bertz CT molecular complexity index is 947. The van der Waals surface area contributed by atoms with Crippen LogP contribution in [0.2, 0.25) is 0 Å². The van der Waals surface area contributed by atoms with Crippen molar-refractivity contribution in [3.63, 3.8) is 0 Å². The first-order valence-corrected chi connectivity index (χ1v) is 8.68. The molecule has 2 aromatic rings. The first-order chi connectivity index (χ1) is 12.1. The van der Waals surface area contributed by atoms with Crippen molar-refractivity contribution >= 4 is 28.3 Å². The summed E-state index contributed by atoms with van der Waals surface area (Å²) in [4.78, 5) is 13.5. The van der Waals surface area contributed by atoms with Crippen molar-refractivity contribution in [2.75, 3.05) is 5.32 Å². The Morgan fingerprint density at radius 2 is 2.00 bits per heavy atom. The minimum atomic E-state index is -0.638. The van der Waals surface area contributed by atoms with Gasteiger partial charge in [0.2, 0.25) is 0 Å². The molecule has 1 aromatic heterocycles. The first-order valence-electron chi connectivity index (χ1n) is 7.86. The summed E-state index contributed by atoms with van der Waals surface area (Å²) in [6.07, 6.45) is 5.05. The molecule has 0 spiro atoms. The van der Waals surface area contributed by atoms with Crippen LogP contribution in [0.3, 0.4) is 0 Å². The van der Waals surface area contributed by atoms with Crippen molar-refractivity contribution in [2.45, 2.75) is 25.7 Å². The van der Waals surface area contributed by atoms with E-state index in [9.17, 15) is 19.7 Å². The van der Waals surface area contributed by atoms with E-state index >= 15 is 0 Å². The molecule has 0 atom stereocenters.